The van der Waals surface area contributed by atoms with E-state index in [1.165, 1.54) is 18.2 Å². The molecule has 0 saturated heterocycles. The molecule has 0 aliphatic carbocycles. The first-order valence-electron chi connectivity index (χ1n) is 5.27. The molecule has 0 fully saturated rings. The number of hydrogen-bond acceptors (Lipinski definition) is 5. The summed E-state index contributed by atoms with van der Waals surface area (Å²) in [4.78, 5) is 0. The molecule has 0 bridgehead atoms. The molecule has 0 radical (unpaired) electrons. The van der Waals surface area contributed by atoms with Crippen LogP contribution in [0.5, 0.6) is 11.5 Å². The molecule has 1 aliphatic rings. The fraction of sp³-hybridized carbons (Fsp3) is 0.400. The summed E-state index contributed by atoms with van der Waals surface area (Å²) < 4.78 is 72.4. The monoisotopic (exact) mass is 332 g/mol. The van der Waals surface area contributed by atoms with Crippen LogP contribution < -0.4 is 9.47 Å². The minimum Gasteiger partial charge on any atom is -0.486 e. The van der Waals surface area contributed by atoms with Gasteiger partial charge in [0, 0.05) is 11.1 Å². The van der Waals surface area contributed by atoms with Crippen molar-refractivity contribution in [3.05, 3.63) is 23.2 Å². The summed E-state index contributed by atoms with van der Waals surface area (Å²) in [6.07, 6.45) is -2.58. The topological polar surface area (TPSA) is 61.8 Å². The maximum absolute atomic E-state index is 13.3. The zero-order chi connectivity index (χ0) is 15.0. The molecule has 0 spiro atoms. The number of ether oxygens (including phenoxy) is 2. The standard InChI is InChI=1S/C10H8ClF3O5S/c11-6-1-2-8-9(3-6)17-5-7(18-8)4-10(12,13)20(15,16)19-14/h1-3,7H,4-5H2/t7-/m1/s1. The Hall–Kier alpha value is -1.19. The van der Waals surface area contributed by atoms with E-state index < -0.39 is 27.9 Å². The van der Waals surface area contributed by atoms with Crippen LogP contribution in [0.4, 0.5) is 13.3 Å². The second-order valence-corrected chi connectivity index (χ2v) is 6.07. The van der Waals surface area contributed by atoms with E-state index in [0.717, 1.165) is 0 Å². The average Bonchev–Trinajstić information content (AvgIpc) is 2.38. The maximum atomic E-state index is 13.3. The molecule has 0 unspecified atom stereocenters. The Bertz CT molecular complexity index is 607. The van der Waals surface area contributed by atoms with Crippen molar-refractivity contribution in [1.29, 1.82) is 0 Å². The van der Waals surface area contributed by atoms with Crippen molar-refractivity contribution in [2.75, 3.05) is 6.61 Å². The lowest BCUT2D eigenvalue weighted by molar-refractivity contribution is -0.0449. The van der Waals surface area contributed by atoms with Gasteiger partial charge in [-0.1, -0.05) is 16.0 Å². The molecule has 10 heteroatoms. The fourth-order valence-electron chi connectivity index (χ4n) is 1.60. The largest absolute Gasteiger partial charge is 0.486 e. The highest BCUT2D eigenvalue weighted by Gasteiger charge is 2.50. The summed E-state index contributed by atoms with van der Waals surface area (Å²) in [5, 5.41) is -4.07. The fourth-order valence-corrected chi connectivity index (χ4v) is 2.25. The first kappa shape index (κ1) is 15.2. The van der Waals surface area contributed by atoms with Crippen LogP contribution in [0.1, 0.15) is 6.42 Å². The highest BCUT2D eigenvalue weighted by Crippen LogP contribution is 2.37. The Labute approximate surface area is 117 Å². The Morgan fingerprint density at radius 3 is 2.75 bits per heavy atom. The summed E-state index contributed by atoms with van der Waals surface area (Å²) in [7, 11) is -5.64. The van der Waals surface area contributed by atoms with Gasteiger partial charge in [0.25, 0.3) is 0 Å². The molecule has 1 aliphatic heterocycles. The number of rotatable bonds is 4. The second-order valence-electron chi connectivity index (χ2n) is 4.00. The van der Waals surface area contributed by atoms with Crippen molar-refractivity contribution in [2.24, 2.45) is 0 Å². The van der Waals surface area contributed by atoms with Crippen molar-refractivity contribution in [2.45, 2.75) is 17.8 Å². The van der Waals surface area contributed by atoms with Gasteiger partial charge in [0.05, 0.1) is 6.42 Å². The second kappa shape index (κ2) is 5.30. The summed E-state index contributed by atoms with van der Waals surface area (Å²) in [6, 6.07) is 4.26. The lowest BCUT2D eigenvalue weighted by Gasteiger charge is -2.28. The van der Waals surface area contributed by atoms with E-state index in [9.17, 15) is 21.7 Å². The van der Waals surface area contributed by atoms with Crippen molar-refractivity contribution in [3.8, 4) is 11.5 Å². The van der Waals surface area contributed by atoms with E-state index in [2.05, 4.69) is 4.39 Å². The smallest absolute Gasteiger partial charge is 0.376 e. The zero-order valence-corrected chi connectivity index (χ0v) is 11.3. The Morgan fingerprint density at radius 2 is 2.10 bits per heavy atom. The normalized spacial score (nSPS) is 18.9. The minimum atomic E-state index is -5.64. The maximum Gasteiger partial charge on any atom is 0.376 e. The number of halogens is 4. The van der Waals surface area contributed by atoms with E-state index in [0.29, 0.717) is 5.02 Å². The lowest BCUT2D eigenvalue weighted by Crippen LogP contribution is -2.39. The molecule has 2 rings (SSSR count). The van der Waals surface area contributed by atoms with Gasteiger partial charge in [-0.25, -0.2) is 0 Å². The molecule has 20 heavy (non-hydrogen) atoms. The van der Waals surface area contributed by atoms with Crippen molar-refractivity contribution < 1.29 is 35.6 Å². The van der Waals surface area contributed by atoms with Crippen LogP contribution in [0.25, 0.3) is 0 Å². The minimum absolute atomic E-state index is 0.139. The van der Waals surface area contributed by atoms with Gasteiger partial charge >= 0.3 is 15.4 Å². The molecule has 5 nitrogen and oxygen atoms in total. The van der Waals surface area contributed by atoms with E-state index >= 15 is 0 Å². The van der Waals surface area contributed by atoms with Crippen LogP contribution in [0.3, 0.4) is 0 Å². The average molecular weight is 333 g/mol. The van der Waals surface area contributed by atoms with Crippen LogP contribution >= 0.6 is 11.6 Å². The SMILES string of the molecule is O=S(=O)(OF)C(F)(F)C[C@@H]1COc2cc(Cl)ccc2O1. The van der Waals surface area contributed by atoms with Crippen LogP contribution in [0, 0.1) is 0 Å². The van der Waals surface area contributed by atoms with Gasteiger partial charge in [-0.15, -0.1) is 0 Å². The Morgan fingerprint density at radius 1 is 1.40 bits per heavy atom. The first-order valence-corrected chi connectivity index (χ1v) is 7.05. The molecular weight excluding hydrogens is 325 g/mol. The van der Waals surface area contributed by atoms with Crippen molar-refractivity contribution >= 4 is 21.7 Å². The van der Waals surface area contributed by atoms with E-state index in [1.807, 2.05) is 0 Å². The third-order valence-electron chi connectivity index (χ3n) is 2.54. The molecular formula is C10H8ClF3O5S. The van der Waals surface area contributed by atoms with Crippen LogP contribution in [0.15, 0.2) is 18.2 Å². The third kappa shape index (κ3) is 2.94. The highest BCUT2D eigenvalue weighted by atomic mass is 35.5. The molecule has 0 saturated carbocycles. The number of benzene rings is 1. The number of fused-ring (bicyclic) bond motifs is 1. The van der Waals surface area contributed by atoms with Gasteiger partial charge in [-0.05, 0) is 16.7 Å². The summed E-state index contributed by atoms with van der Waals surface area (Å²) in [6.45, 7) is -0.329. The summed E-state index contributed by atoms with van der Waals surface area (Å²) in [5.41, 5.74) is 0. The van der Waals surface area contributed by atoms with Crippen LogP contribution in [-0.2, 0) is 14.5 Å². The molecule has 1 heterocycles. The summed E-state index contributed by atoms with van der Waals surface area (Å²) >= 11 is 5.71. The van der Waals surface area contributed by atoms with Gasteiger partial charge < -0.3 is 9.47 Å². The first-order chi connectivity index (χ1) is 9.25. The van der Waals surface area contributed by atoms with E-state index in [-0.39, 0.29) is 18.1 Å². The van der Waals surface area contributed by atoms with Crippen LogP contribution in [-0.4, -0.2) is 26.4 Å². The zero-order valence-electron chi connectivity index (χ0n) is 9.68. The van der Waals surface area contributed by atoms with Gasteiger partial charge in [0.1, 0.15) is 12.7 Å². The number of hydrogen-bond donors (Lipinski definition) is 0. The Balaban J connectivity index is 2.12. The van der Waals surface area contributed by atoms with E-state index in [1.54, 1.807) is 0 Å². The number of alkyl halides is 2. The van der Waals surface area contributed by atoms with Crippen molar-refractivity contribution in [3.63, 3.8) is 0 Å². The molecule has 1 atom stereocenters. The highest BCUT2D eigenvalue weighted by molar-refractivity contribution is 7.87. The van der Waals surface area contributed by atoms with Gasteiger partial charge in [-0.2, -0.15) is 17.2 Å². The van der Waals surface area contributed by atoms with Gasteiger partial charge in [0.15, 0.2) is 11.5 Å². The van der Waals surface area contributed by atoms with Crippen LogP contribution in [0.2, 0.25) is 5.02 Å². The molecule has 0 amide bonds. The third-order valence-corrected chi connectivity index (χ3v) is 3.84. The molecule has 0 N–H and O–H groups in total. The predicted molar refractivity (Wildman–Crippen MR) is 62.0 cm³/mol. The summed E-state index contributed by atoms with van der Waals surface area (Å²) in [5.74, 6) is 0.390. The molecule has 1 aromatic carbocycles. The van der Waals surface area contributed by atoms with Gasteiger partial charge in [0.2, 0.25) is 0 Å². The Kier molecular flexibility index (Phi) is 4.03. The van der Waals surface area contributed by atoms with Gasteiger partial charge in [-0.3, -0.25) is 0 Å². The lowest BCUT2D eigenvalue weighted by atomic mass is 10.2. The molecule has 0 aromatic heterocycles. The quantitative estimate of drug-likeness (QED) is 0.848. The molecule has 1 aromatic rings. The van der Waals surface area contributed by atoms with E-state index in [4.69, 9.17) is 21.1 Å². The predicted octanol–water partition coefficient (Wildman–Crippen LogP) is 2.69. The van der Waals surface area contributed by atoms with Crippen molar-refractivity contribution in [1.82, 2.24) is 0 Å². The molecule has 112 valence electrons.